The Morgan fingerprint density at radius 1 is 1.06 bits per heavy atom. The maximum absolute atomic E-state index is 13.3. The summed E-state index contributed by atoms with van der Waals surface area (Å²) in [5, 5.41) is 3.17. The molecule has 2 aromatic carbocycles. The van der Waals surface area contributed by atoms with Gasteiger partial charge in [-0.1, -0.05) is 61.2 Å². The number of nitrogens with one attached hydrogen (secondary N) is 1. The van der Waals surface area contributed by atoms with E-state index in [0.29, 0.717) is 12.3 Å². The molecule has 1 aliphatic rings. The summed E-state index contributed by atoms with van der Waals surface area (Å²) in [6.45, 7) is 8.11. The lowest BCUT2D eigenvalue weighted by Crippen LogP contribution is -2.51. The van der Waals surface area contributed by atoms with Gasteiger partial charge in [0.15, 0.2) is 6.61 Å². The van der Waals surface area contributed by atoms with Gasteiger partial charge in [-0.15, -0.1) is 0 Å². The molecule has 5 heteroatoms. The van der Waals surface area contributed by atoms with Crippen LogP contribution in [0.25, 0.3) is 0 Å². The number of carbonyl (C=O) groups is 2. The van der Waals surface area contributed by atoms with E-state index >= 15 is 0 Å². The average Bonchev–Trinajstić information content (AvgIpc) is 2.78. The Morgan fingerprint density at radius 2 is 1.78 bits per heavy atom. The standard InChI is InChI=1S/C27H36N2O3/c1-19-10-8-12-23(16-19)17-29(22(4)27(31)28-24-13-6-5-7-14-24)26(30)18-32-25-15-9-11-20(2)21(25)3/h8-12,15-16,22,24H,5-7,13-14,17-18H2,1-4H3,(H,28,31). The highest BCUT2D eigenvalue weighted by Crippen LogP contribution is 2.21. The fourth-order valence-corrected chi connectivity index (χ4v) is 4.26. The summed E-state index contributed by atoms with van der Waals surface area (Å²) < 4.78 is 5.88. The smallest absolute Gasteiger partial charge is 0.261 e. The molecule has 0 bridgehead atoms. The summed E-state index contributed by atoms with van der Waals surface area (Å²) in [4.78, 5) is 27.9. The molecule has 0 radical (unpaired) electrons. The van der Waals surface area contributed by atoms with E-state index in [-0.39, 0.29) is 24.5 Å². The molecule has 172 valence electrons. The quantitative estimate of drug-likeness (QED) is 0.643. The first kappa shape index (κ1) is 23.8. The third-order valence-corrected chi connectivity index (χ3v) is 6.46. The molecule has 1 N–H and O–H groups in total. The summed E-state index contributed by atoms with van der Waals surface area (Å²) >= 11 is 0. The molecular weight excluding hydrogens is 400 g/mol. The second-order valence-electron chi connectivity index (χ2n) is 9.02. The largest absolute Gasteiger partial charge is 0.483 e. The number of benzene rings is 2. The van der Waals surface area contributed by atoms with Gasteiger partial charge in [0, 0.05) is 12.6 Å². The van der Waals surface area contributed by atoms with Crippen LogP contribution in [-0.4, -0.2) is 35.4 Å². The fraction of sp³-hybridized carbons (Fsp3) is 0.481. The molecule has 1 aliphatic carbocycles. The van der Waals surface area contributed by atoms with Crippen LogP contribution in [-0.2, 0) is 16.1 Å². The third kappa shape index (κ3) is 6.35. The normalized spacial score (nSPS) is 15.1. The molecule has 0 spiro atoms. The van der Waals surface area contributed by atoms with Gasteiger partial charge in [-0.05, 0) is 63.3 Å². The number of ether oxygens (including phenoxy) is 1. The van der Waals surface area contributed by atoms with Crippen molar-refractivity contribution in [3.8, 4) is 5.75 Å². The zero-order valence-corrected chi connectivity index (χ0v) is 19.8. The van der Waals surface area contributed by atoms with E-state index in [1.165, 1.54) is 6.42 Å². The molecule has 1 unspecified atom stereocenters. The van der Waals surface area contributed by atoms with Gasteiger partial charge in [-0.3, -0.25) is 9.59 Å². The number of carbonyl (C=O) groups excluding carboxylic acids is 2. The summed E-state index contributed by atoms with van der Waals surface area (Å²) in [5.41, 5.74) is 4.27. The van der Waals surface area contributed by atoms with Crippen LogP contribution in [0.2, 0.25) is 0 Å². The van der Waals surface area contributed by atoms with Crippen LogP contribution in [0.3, 0.4) is 0 Å². The predicted octanol–water partition coefficient (Wildman–Crippen LogP) is 4.86. The van der Waals surface area contributed by atoms with Crippen molar-refractivity contribution in [2.75, 3.05) is 6.61 Å². The van der Waals surface area contributed by atoms with Gasteiger partial charge in [0.2, 0.25) is 5.91 Å². The van der Waals surface area contributed by atoms with E-state index in [1.807, 2.05) is 64.1 Å². The Balaban J connectivity index is 1.73. The molecule has 1 fully saturated rings. The monoisotopic (exact) mass is 436 g/mol. The zero-order valence-electron chi connectivity index (χ0n) is 19.8. The minimum absolute atomic E-state index is 0.0929. The Kier molecular flexibility index (Phi) is 8.32. The number of hydrogen-bond donors (Lipinski definition) is 1. The third-order valence-electron chi connectivity index (χ3n) is 6.46. The van der Waals surface area contributed by atoms with Gasteiger partial charge < -0.3 is 15.0 Å². The summed E-state index contributed by atoms with van der Waals surface area (Å²) in [7, 11) is 0. The van der Waals surface area contributed by atoms with E-state index in [1.54, 1.807) is 4.90 Å². The first-order valence-electron chi connectivity index (χ1n) is 11.7. The highest BCUT2D eigenvalue weighted by molar-refractivity contribution is 5.88. The van der Waals surface area contributed by atoms with Crippen LogP contribution in [0, 0.1) is 20.8 Å². The maximum Gasteiger partial charge on any atom is 0.261 e. The van der Waals surface area contributed by atoms with Crippen molar-refractivity contribution >= 4 is 11.8 Å². The van der Waals surface area contributed by atoms with Crippen LogP contribution in [0.4, 0.5) is 0 Å². The SMILES string of the molecule is Cc1cccc(CN(C(=O)COc2cccc(C)c2C)C(C)C(=O)NC2CCCCC2)c1. The van der Waals surface area contributed by atoms with Gasteiger partial charge in [-0.2, -0.15) is 0 Å². The number of amides is 2. The maximum atomic E-state index is 13.3. The number of hydrogen-bond acceptors (Lipinski definition) is 3. The Bertz CT molecular complexity index is 934. The number of nitrogens with zero attached hydrogens (tertiary/aromatic N) is 1. The summed E-state index contributed by atoms with van der Waals surface area (Å²) in [5.74, 6) is 0.413. The molecule has 2 amide bonds. The topological polar surface area (TPSA) is 58.6 Å². The molecule has 3 rings (SSSR count). The van der Waals surface area contributed by atoms with Crippen LogP contribution in [0.1, 0.15) is 61.3 Å². The Labute approximate surface area is 192 Å². The first-order chi connectivity index (χ1) is 15.3. The second-order valence-corrected chi connectivity index (χ2v) is 9.02. The Morgan fingerprint density at radius 3 is 2.50 bits per heavy atom. The van der Waals surface area contributed by atoms with E-state index < -0.39 is 6.04 Å². The fourth-order valence-electron chi connectivity index (χ4n) is 4.26. The van der Waals surface area contributed by atoms with Crippen molar-refractivity contribution in [3.05, 3.63) is 64.7 Å². The van der Waals surface area contributed by atoms with Crippen molar-refractivity contribution in [3.63, 3.8) is 0 Å². The highest BCUT2D eigenvalue weighted by Gasteiger charge is 2.28. The minimum atomic E-state index is -0.577. The highest BCUT2D eigenvalue weighted by atomic mass is 16.5. The van der Waals surface area contributed by atoms with Gasteiger partial charge in [0.1, 0.15) is 11.8 Å². The lowest BCUT2D eigenvalue weighted by molar-refractivity contribution is -0.142. The van der Waals surface area contributed by atoms with Crippen LogP contribution < -0.4 is 10.1 Å². The van der Waals surface area contributed by atoms with Crippen molar-refractivity contribution in [2.24, 2.45) is 0 Å². The molecule has 5 nitrogen and oxygen atoms in total. The van der Waals surface area contributed by atoms with E-state index in [9.17, 15) is 9.59 Å². The lowest BCUT2D eigenvalue weighted by Gasteiger charge is -2.31. The van der Waals surface area contributed by atoms with E-state index in [4.69, 9.17) is 4.74 Å². The molecule has 32 heavy (non-hydrogen) atoms. The lowest BCUT2D eigenvalue weighted by atomic mass is 9.95. The average molecular weight is 437 g/mol. The Hall–Kier alpha value is -2.82. The summed E-state index contributed by atoms with van der Waals surface area (Å²) in [6, 6.07) is 13.5. The van der Waals surface area contributed by atoms with Crippen molar-refractivity contribution in [1.29, 1.82) is 0 Å². The van der Waals surface area contributed by atoms with Crippen LogP contribution >= 0.6 is 0 Å². The molecule has 1 saturated carbocycles. The molecule has 1 atom stereocenters. The van der Waals surface area contributed by atoms with Gasteiger partial charge in [0.25, 0.3) is 5.91 Å². The van der Waals surface area contributed by atoms with Crippen LogP contribution in [0.15, 0.2) is 42.5 Å². The molecule has 0 aromatic heterocycles. The van der Waals surface area contributed by atoms with E-state index in [0.717, 1.165) is 47.9 Å². The van der Waals surface area contributed by atoms with Crippen molar-refractivity contribution in [1.82, 2.24) is 10.2 Å². The number of aryl methyl sites for hydroxylation is 2. The first-order valence-corrected chi connectivity index (χ1v) is 11.7. The second kappa shape index (κ2) is 11.2. The van der Waals surface area contributed by atoms with Gasteiger partial charge in [0.05, 0.1) is 0 Å². The summed E-state index contributed by atoms with van der Waals surface area (Å²) in [6.07, 6.45) is 5.56. The van der Waals surface area contributed by atoms with Gasteiger partial charge in [-0.25, -0.2) is 0 Å². The molecule has 2 aromatic rings. The van der Waals surface area contributed by atoms with Gasteiger partial charge >= 0.3 is 0 Å². The number of rotatable bonds is 8. The van der Waals surface area contributed by atoms with Crippen molar-refractivity contribution in [2.45, 2.75) is 78.4 Å². The van der Waals surface area contributed by atoms with E-state index in [2.05, 4.69) is 11.4 Å². The minimum Gasteiger partial charge on any atom is -0.483 e. The molecule has 0 heterocycles. The predicted molar refractivity (Wildman–Crippen MR) is 128 cm³/mol. The van der Waals surface area contributed by atoms with Crippen LogP contribution in [0.5, 0.6) is 5.75 Å². The molecule has 0 saturated heterocycles. The zero-order chi connectivity index (χ0) is 23.1. The molecular formula is C27H36N2O3. The molecule has 0 aliphatic heterocycles. The van der Waals surface area contributed by atoms with Crippen molar-refractivity contribution < 1.29 is 14.3 Å².